The number of aromatic nitrogens is 2. The zero-order chi connectivity index (χ0) is 29.6. The van der Waals surface area contributed by atoms with Gasteiger partial charge in [0.15, 0.2) is 0 Å². The Morgan fingerprint density at radius 1 is 0.619 bits per heavy atom. The van der Waals surface area contributed by atoms with Crippen molar-refractivity contribution >= 4 is 28.5 Å². The number of hydrogen-bond acceptors (Lipinski definition) is 4. The highest BCUT2D eigenvalue weighted by atomic mass is 79.9. The van der Waals surface area contributed by atoms with E-state index in [2.05, 4.69) is 102 Å². The molecule has 0 spiro atoms. The molecule has 0 N–H and O–H groups in total. The molecule has 0 radical (unpaired) electrons. The lowest BCUT2D eigenvalue weighted by molar-refractivity contribution is 0.00578. The molecule has 2 aromatic heterocycles. The van der Waals surface area contributed by atoms with E-state index in [0.717, 1.165) is 16.7 Å². The van der Waals surface area contributed by atoms with Crippen molar-refractivity contribution in [3.63, 3.8) is 0 Å². The molecule has 0 unspecified atom stereocenters. The highest BCUT2D eigenvalue weighted by molar-refractivity contribution is 9.10. The first kappa shape index (κ1) is 30.7. The predicted molar refractivity (Wildman–Crippen MR) is 177 cm³/mol. The third kappa shape index (κ3) is 7.22. The molecule has 1 aliphatic heterocycles. The van der Waals surface area contributed by atoms with Crippen molar-refractivity contribution in [1.82, 2.24) is 9.97 Å². The summed E-state index contributed by atoms with van der Waals surface area (Å²) in [5.74, 6) is 0. The van der Waals surface area contributed by atoms with Crippen LogP contribution in [0.1, 0.15) is 75.6 Å². The number of pyridine rings is 2. The number of rotatable bonds is 2. The van der Waals surface area contributed by atoms with E-state index in [1.165, 1.54) is 78.2 Å². The minimum absolute atomic E-state index is 0.210. The molecule has 3 heterocycles. The van der Waals surface area contributed by atoms with Gasteiger partial charge in [0.05, 0.1) is 16.9 Å². The monoisotopic (exact) mass is 624 g/mol. The van der Waals surface area contributed by atoms with Gasteiger partial charge in [0, 0.05) is 18.0 Å². The molecular formula is C36H42BBrN2O2. The largest absolute Gasteiger partial charge is 0.495 e. The van der Waals surface area contributed by atoms with Crippen LogP contribution in [-0.2, 0) is 35.0 Å². The van der Waals surface area contributed by atoms with Gasteiger partial charge in [-0.2, -0.15) is 0 Å². The highest BCUT2D eigenvalue weighted by Crippen LogP contribution is 2.37. The molecule has 218 valence electrons. The van der Waals surface area contributed by atoms with Gasteiger partial charge in [0.2, 0.25) is 0 Å². The fourth-order valence-corrected chi connectivity index (χ4v) is 6.16. The van der Waals surface area contributed by atoms with E-state index >= 15 is 0 Å². The van der Waals surface area contributed by atoms with Gasteiger partial charge in [0.25, 0.3) is 0 Å². The van der Waals surface area contributed by atoms with Crippen LogP contribution in [0.25, 0.3) is 11.3 Å². The summed E-state index contributed by atoms with van der Waals surface area (Å²) < 4.78 is 13.3. The van der Waals surface area contributed by atoms with Crippen molar-refractivity contribution in [2.45, 2.75) is 90.3 Å². The van der Waals surface area contributed by atoms with E-state index in [1.54, 1.807) is 6.20 Å². The maximum Gasteiger partial charge on any atom is 0.495 e. The molecule has 7 rings (SSSR count). The number of benzene rings is 2. The van der Waals surface area contributed by atoms with E-state index in [9.17, 15) is 0 Å². The van der Waals surface area contributed by atoms with Crippen molar-refractivity contribution < 1.29 is 9.31 Å². The summed E-state index contributed by atoms with van der Waals surface area (Å²) in [4.78, 5) is 8.35. The number of nitrogens with zero attached hydrogens (tertiary/aromatic N) is 2. The summed E-state index contributed by atoms with van der Waals surface area (Å²) in [6.45, 7) is 8.45. The topological polar surface area (TPSA) is 44.2 Å². The van der Waals surface area contributed by atoms with E-state index in [1.807, 2.05) is 30.5 Å². The van der Waals surface area contributed by atoms with Gasteiger partial charge in [-0.05, 0) is 147 Å². The first-order chi connectivity index (χ1) is 20.2. The minimum atomic E-state index is -0.255. The SMILES string of the molecule is Brc1ccccn1.CC1(C)OB(c2cccc3c2CCCC3)OC1(C)C.c1ccc(-c2cccc3c2CCCC3)nc1. The lowest BCUT2D eigenvalue weighted by Crippen LogP contribution is -2.41. The molecule has 4 aromatic rings. The van der Waals surface area contributed by atoms with Crippen molar-refractivity contribution in [2.75, 3.05) is 0 Å². The van der Waals surface area contributed by atoms with Crippen LogP contribution < -0.4 is 5.46 Å². The molecule has 6 heteroatoms. The van der Waals surface area contributed by atoms with Gasteiger partial charge in [-0.25, -0.2) is 4.98 Å². The molecular weight excluding hydrogens is 583 g/mol. The Bertz CT molecular complexity index is 1440. The van der Waals surface area contributed by atoms with Crippen molar-refractivity contribution in [3.8, 4) is 11.3 Å². The van der Waals surface area contributed by atoms with Gasteiger partial charge >= 0.3 is 7.12 Å². The Labute approximate surface area is 260 Å². The zero-order valence-corrected chi connectivity index (χ0v) is 27.0. The second kappa shape index (κ2) is 13.7. The zero-order valence-electron chi connectivity index (χ0n) is 25.4. The molecule has 0 bridgehead atoms. The Balaban J connectivity index is 0.000000138. The molecule has 4 nitrogen and oxygen atoms in total. The van der Waals surface area contributed by atoms with Crippen LogP contribution in [0, 0.1) is 0 Å². The maximum absolute atomic E-state index is 6.19. The summed E-state index contributed by atoms with van der Waals surface area (Å²) in [7, 11) is -0.210. The van der Waals surface area contributed by atoms with Gasteiger partial charge < -0.3 is 9.31 Å². The smallest absolute Gasteiger partial charge is 0.399 e. The van der Waals surface area contributed by atoms with Crippen molar-refractivity contribution in [1.29, 1.82) is 0 Å². The average Bonchev–Trinajstić information content (AvgIpc) is 3.24. The van der Waals surface area contributed by atoms with Crippen LogP contribution >= 0.6 is 15.9 Å². The third-order valence-corrected chi connectivity index (χ3v) is 9.37. The second-order valence-corrected chi connectivity index (χ2v) is 13.1. The molecule has 2 aromatic carbocycles. The molecule has 0 saturated carbocycles. The molecule has 3 aliphatic rings. The first-order valence-electron chi connectivity index (χ1n) is 15.3. The number of fused-ring (bicyclic) bond motifs is 2. The Morgan fingerprint density at radius 3 is 1.76 bits per heavy atom. The predicted octanol–water partition coefficient (Wildman–Crippen LogP) is 8.34. The molecule has 42 heavy (non-hydrogen) atoms. The maximum atomic E-state index is 6.19. The summed E-state index contributed by atoms with van der Waals surface area (Å²) in [6, 6.07) is 25.0. The molecule has 0 atom stereocenters. The van der Waals surface area contributed by atoms with Crippen LogP contribution in [0.2, 0.25) is 0 Å². The third-order valence-electron chi connectivity index (χ3n) is 8.90. The standard InChI is InChI=1S/C16H23BO2.C15H15N.C5H4BrN/c1-15(2)16(3,4)19-17(18-15)14-11-7-9-12-8-5-6-10-13(12)14;1-2-8-13-12(6-1)7-5-9-14(13)15-10-3-4-11-16-15;6-5-3-1-2-4-7-5/h7,9,11H,5-6,8,10H2,1-4H3;3-5,7,9-11H,1-2,6,8H2;1-4H. The van der Waals surface area contributed by atoms with E-state index in [-0.39, 0.29) is 18.3 Å². The molecule has 1 fully saturated rings. The fourth-order valence-electron chi connectivity index (χ4n) is 5.89. The number of halogens is 1. The Kier molecular flexibility index (Phi) is 9.98. The molecule has 1 saturated heterocycles. The van der Waals surface area contributed by atoms with E-state index < -0.39 is 0 Å². The van der Waals surface area contributed by atoms with Crippen LogP contribution in [0.15, 0.2) is 89.8 Å². The Hall–Kier alpha value is -2.80. The van der Waals surface area contributed by atoms with Crippen LogP contribution in [0.5, 0.6) is 0 Å². The second-order valence-electron chi connectivity index (χ2n) is 12.3. The van der Waals surface area contributed by atoms with E-state index in [0.29, 0.717) is 0 Å². The summed E-state index contributed by atoms with van der Waals surface area (Å²) in [5, 5.41) is 0. The highest BCUT2D eigenvalue weighted by Gasteiger charge is 2.52. The van der Waals surface area contributed by atoms with Gasteiger partial charge in [-0.3, -0.25) is 4.98 Å². The summed E-state index contributed by atoms with van der Waals surface area (Å²) in [5.41, 5.74) is 9.17. The molecule has 2 aliphatic carbocycles. The summed E-state index contributed by atoms with van der Waals surface area (Å²) in [6.07, 6.45) is 13.6. The molecule has 0 amide bonds. The normalized spacial score (nSPS) is 18.0. The quantitative estimate of drug-likeness (QED) is 0.166. The number of hydrogen-bond donors (Lipinski definition) is 0. The average molecular weight is 625 g/mol. The van der Waals surface area contributed by atoms with Gasteiger partial charge in [-0.15, -0.1) is 0 Å². The Morgan fingerprint density at radius 2 is 1.19 bits per heavy atom. The number of aryl methyl sites for hydroxylation is 2. The lowest BCUT2D eigenvalue weighted by Gasteiger charge is -2.32. The van der Waals surface area contributed by atoms with Crippen LogP contribution in [0.4, 0.5) is 0 Å². The first-order valence-corrected chi connectivity index (χ1v) is 16.1. The minimum Gasteiger partial charge on any atom is -0.399 e. The fraction of sp³-hybridized carbons (Fsp3) is 0.389. The van der Waals surface area contributed by atoms with Crippen LogP contribution in [-0.4, -0.2) is 28.3 Å². The van der Waals surface area contributed by atoms with Crippen molar-refractivity contribution in [2.24, 2.45) is 0 Å². The van der Waals surface area contributed by atoms with Gasteiger partial charge in [-0.1, -0.05) is 48.5 Å². The van der Waals surface area contributed by atoms with Crippen molar-refractivity contribution in [3.05, 3.63) is 112 Å². The lowest BCUT2D eigenvalue weighted by atomic mass is 9.72. The van der Waals surface area contributed by atoms with Crippen LogP contribution in [0.3, 0.4) is 0 Å². The van der Waals surface area contributed by atoms with E-state index in [4.69, 9.17) is 9.31 Å². The van der Waals surface area contributed by atoms with Gasteiger partial charge in [0.1, 0.15) is 4.60 Å². The summed E-state index contributed by atoms with van der Waals surface area (Å²) >= 11 is 3.20.